The molecule has 0 radical (unpaired) electrons. The fourth-order valence-corrected chi connectivity index (χ4v) is 2.10. The second kappa shape index (κ2) is 3.39. The average Bonchev–Trinajstić information content (AvgIpc) is 2.58. The lowest BCUT2D eigenvalue weighted by Crippen LogP contribution is -2.31. The quantitative estimate of drug-likeness (QED) is 0.769. The summed E-state index contributed by atoms with van der Waals surface area (Å²) in [4.78, 5) is 16.4. The summed E-state index contributed by atoms with van der Waals surface area (Å²) >= 11 is 1.30. The fourth-order valence-electron chi connectivity index (χ4n) is 1.14. The normalized spacial score (nSPS) is 10.5. The summed E-state index contributed by atoms with van der Waals surface area (Å²) in [6.45, 7) is 0. The number of hydrogen-bond donors (Lipinski definition) is 2. The highest BCUT2D eigenvalue weighted by atomic mass is 32.1. The van der Waals surface area contributed by atoms with Crippen molar-refractivity contribution in [1.29, 1.82) is 0 Å². The van der Waals surface area contributed by atoms with Crippen LogP contribution in [0.25, 0.3) is 10.2 Å². The van der Waals surface area contributed by atoms with E-state index in [0.29, 0.717) is 5.13 Å². The van der Waals surface area contributed by atoms with Crippen LogP contribution in [0.3, 0.4) is 0 Å². The number of hydrogen-bond acceptors (Lipinski definition) is 4. The van der Waals surface area contributed by atoms with Gasteiger partial charge >= 0.3 is 6.03 Å². The number of rotatable bonds is 1. The van der Waals surface area contributed by atoms with Crippen molar-refractivity contribution in [2.75, 3.05) is 11.9 Å². The van der Waals surface area contributed by atoms with Gasteiger partial charge in [-0.2, -0.15) is 0 Å². The van der Waals surface area contributed by atoms with Crippen LogP contribution < -0.4 is 10.6 Å². The van der Waals surface area contributed by atoms with Crippen molar-refractivity contribution in [2.45, 2.75) is 0 Å². The molecule has 15 heavy (non-hydrogen) atoms. The molecule has 2 aromatic rings. The molecule has 2 amide bonds. The number of phenols is 1. The Labute approximate surface area is 89.8 Å². The van der Waals surface area contributed by atoms with Crippen LogP contribution in [0, 0.1) is 0 Å². The van der Waals surface area contributed by atoms with Gasteiger partial charge in [-0.25, -0.2) is 9.78 Å². The zero-order chi connectivity index (χ0) is 11.0. The molecule has 2 rings (SSSR count). The molecule has 3 N–H and O–H groups in total. The number of carbonyl (C=O) groups excluding carboxylic acids is 1. The molecule has 5 nitrogen and oxygen atoms in total. The number of aromatic nitrogens is 1. The first-order valence-electron chi connectivity index (χ1n) is 4.20. The summed E-state index contributed by atoms with van der Waals surface area (Å²) in [5.41, 5.74) is 5.86. The first-order valence-corrected chi connectivity index (χ1v) is 5.02. The fraction of sp³-hybridized carbons (Fsp3) is 0.111. The molecular formula is C9H9N3O2S. The van der Waals surface area contributed by atoms with Gasteiger partial charge in [0.2, 0.25) is 0 Å². The van der Waals surface area contributed by atoms with Crippen LogP contribution in [-0.2, 0) is 0 Å². The largest absolute Gasteiger partial charge is 0.508 e. The van der Waals surface area contributed by atoms with Crippen LogP contribution in [0.4, 0.5) is 9.93 Å². The Morgan fingerprint density at radius 1 is 1.60 bits per heavy atom. The third-order valence-electron chi connectivity index (χ3n) is 1.98. The van der Waals surface area contributed by atoms with Gasteiger partial charge in [0.05, 0.1) is 10.2 Å². The number of nitrogens with two attached hydrogens (primary N) is 1. The first-order chi connectivity index (χ1) is 7.08. The zero-order valence-corrected chi connectivity index (χ0v) is 8.78. The molecule has 0 aliphatic heterocycles. The number of nitrogens with zero attached hydrogens (tertiary/aromatic N) is 2. The number of thiazole rings is 1. The third kappa shape index (κ3) is 1.71. The molecule has 0 saturated carbocycles. The second-order valence-corrected chi connectivity index (χ2v) is 4.05. The number of carbonyl (C=O) groups is 1. The second-order valence-electron chi connectivity index (χ2n) is 3.05. The number of aromatic hydroxyl groups is 1. The lowest BCUT2D eigenvalue weighted by molar-refractivity contribution is 0.255. The van der Waals surface area contributed by atoms with E-state index in [1.165, 1.54) is 16.2 Å². The smallest absolute Gasteiger partial charge is 0.320 e. The van der Waals surface area contributed by atoms with Crippen molar-refractivity contribution in [3.8, 4) is 5.75 Å². The summed E-state index contributed by atoms with van der Waals surface area (Å²) in [6.07, 6.45) is 0. The molecule has 0 spiro atoms. The van der Waals surface area contributed by atoms with Crippen molar-refractivity contribution in [3.05, 3.63) is 18.2 Å². The molecule has 0 aliphatic rings. The Kier molecular flexibility index (Phi) is 2.20. The molecule has 0 fully saturated rings. The molecule has 1 aromatic heterocycles. The minimum absolute atomic E-state index is 0.180. The Bertz CT molecular complexity index is 523. The van der Waals surface area contributed by atoms with Crippen LogP contribution in [-0.4, -0.2) is 23.2 Å². The molecule has 6 heteroatoms. The summed E-state index contributed by atoms with van der Waals surface area (Å²) in [5, 5.41) is 9.78. The van der Waals surface area contributed by atoms with Crippen molar-refractivity contribution >= 4 is 32.7 Å². The predicted molar refractivity (Wildman–Crippen MR) is 59.3 cm³/mol. The van der Waals surface area contributed by atoms with E-state index in [1.54, 1.807) is 25.2 Å². The predicted octanol–water partition coefficient (Wildman–Crippen LogP) is 1.52. The summed E-state index contributed by atoms with van der Waals surface area (Å²) in [7, 11) is 1.56. The molecule has 0 saturated heterocycles. The van der Waals surface area contributed by atoms with Crippen molar-refractivity contribution in [3.63, 3.8) is 0 Å². The van der Waals surface area contributed by atoms with Gasteiger partial charge in [-0.3, -0.25) is 4.90 Å². The maximum Gasteiger partial charge on any atom is 0.320 e. The monoisotopic (exact) mass is 223 g/mol. The lowest BCUT2D eigenvalue weighted by atomic mass is 10.3. The van der Waals surface area contributed by atoms with E-state index in [2.05, 4.69) is 4.98 Å². The molecule has 0 unspecified atom stereocenters. The van der Waals surface area contributed by atoms with E-state index in [0.717, 1.165) is 10.2 Å². The zero-order valence-electron chi connectivity index (χ0n) is 7.97. The topological polar surface area (TPSA) is 79.5 Å². The standard InChI is InChI=1S/C9H9N3O2S/c1-12(8(10)14)9-11-6-3-2-5(13)4-7(6)15-9/h2-4,13H,1H3,(H2,10,14). The number of benzene rings is 1. The van der Waals surface area contributed by atoms with E-state index < -0.39 is 6.03 Å². The van der Waals surface area contributed by atoms with E-state index in [1.807, 2.05) is 0 Å². The van der Waals surface area contributed by atoms with E-state index in [9.17, 15) is 9.90 Å². The summed E-state index contributed by atoms with van der Waals surface area (Å²) in [6, 6.07) is 4.29. The third-order valence-corrected chi connectivity index (χ3v) is 3.07. The maximum absolute atomic E-state index is 10.9. The Morgan fingerprint density at radius 2 is 2.33 bits per heavy atom. The van der Waals surface area contributed by atoms with Gasteiger partial charge in [0.15, 0.2) is 5.13 Å². The average molecular weight is 223 g/mol. The lowest BCUT2D eigenvalue weighted by Gasteiger charge is -2.08. The molecule has 1 heterocycles. The molecule has 0 bridgehead atoms. The molecule has 0 aliphatic carbocycles. The maximum atomic E-state index is 10.9. The molecular weight excluding hydrogens is 214 g/mol. The van der Waals surface area contributed by atoms with E-state index in [-0.39, 0.29) is 5.75 Å². The number of phenolic OH excluding ortho intramolecular Hbond substituents is 1. The molecule has 0 atom stereocenters. The first kappa shape index (κ1) is 9.72. The molecule has 78 valence electrons. The van der Waals surface area contributed by atoms with Crippen molar-refractivity contribution in [1.82, 2.24) is 4.98 Å². The number of urea groups is 1. The van der Waals surface area contributed by atoms with Gasteiger partial charge in [0.25, 0.3) is 0 Å². The highest BCUT2D eigenvalue weighted by Gasteiger charge is 2.12. The van der Waals surface area contributed by atoms with Crippen LogP contribution in [0.15, 0.2) is 18.2 Å². The Hall–Kier alpha value is -1.82. The minimum atomic E-state index is -0.557. The van der Waals surface area contributed by atoms with Crippen LogP contribution in [0.1, 0.15) is 0 Å². The minimum Gasteiger partial charge on any atom is -0.508 e. The van der Waals surface area contributed by atoms with Gasteiger partial charge < -0.3 is 10.8 Å². The number of amides is 2. The van der Waals surface area contributed by atoms with Crippen LogP contribution in [0.2, 0.25) is 0 Å². The summed E-state index contributed by atoms with van der Waals surface area (Å²) < 4.78 is 0.818. The van der Waals surface area contributed by atoms with Gasteiger partial charge in [0.1, 0.15) is 5.75 Å². The van der Waals surface area contributed by atoms with E-state index >= 15 is 0 Å². The van der Waals surface area contributed by atoms with Gasteiger partial charge in [-0.15, -0.1) is 0 Å². The highest BCUT2D eigenvalue weighted by Crippen LogP contribution is 2.30. The van der Waals surface area contributed by atoms with Crippen molar-refractivity contribution in [2.24, 2.45) is 5.73 Å². The Balaban J connectivity index is 2.51. The van der Waals surface area contributed by atoms with Crippen LogP contribution >= 0.6 is 11.3 Å². The SMILES string of the molecule is CN(C(N)=O)c1nc2ccc(O)cc2s1. The number of anilines is 1. The van der Waals surface area contributed by atoms with Crippen molar-refractivity contribution < 1.29 is 9.90 Å². The van der Waals surface area contributed by atoms with Gasteiger partial charge in [0, 0.05) is 7.05 Å². The van der Waals surface area contributed by atoms with E-state index in [4.69, 9.17) is 5.73 Å². The Morgan fingerprint density at radius 3 is 3.00 bits per heavy atom. The highest BCUT2D eigenvalue weighted by molar-refractivity contribution is 7.22. The molecule has 1 aromatic carbocycles. The number of fused-ring (bicyclic) bond motifs is 1. The number of primary amides is 1. The summed E-state index contributed by atoms with van der Waals surface area (Å²) in [5.74, 6) is 0.180. The van der Waals surface area contributed by atoms with Crippen LogP contribution in [0.5, 0.6) is 5.75 Å². The van der Waals surface area contributed by atoms with Gasteiger partial charge in [-0.05, 0) is 18.2 Å². The van der Waals surface area contributed by atoms with Gasteiger partial charge in [-0.1, -0.05) is 11.3 Å².